The molecule has 1 atom stereocenters. The smallest absolute Gasteiger partial charge is 0.257 e. The van der Waals surface area contributed by atoms with Crippen LogP contribution in [0.25, 0.3) is 0 Å². The van der Waals surface area contributed by atoms with Gasteiger partial charge < -0.3 is 20.1 Å². The average molecular weight is 301 g/mol. The zero-order valence-electron chi connectivity index (χ0n) is 11.6. The van der Waals surface area contributed by atoms with Crippen molar-refractivity contribution >= 4 is 18.3 Å². The minimum absolute atomic E-state index is 0. The SMILES string of the molecule is CCOc1ccccc1C(=O)N1CCOC(CN)C1.Cl. The predicted octanol–water partition coefficient (Wildman–Crippen LogP) is 1.31. The van der Waals surface area contributed by atoms with E-state index < -0.39 is 0 Å². The maximum Gasteiger partial charge on any atom is 0.257 e. The third-order valence-electron chi connectivity index (χ3n) is 3.11. The largest absolute Gasteiger partial charge is 0.493 e. The zero-order valence-corrected chi connectivity index (χ0v) is 12.4. The van der Waals surface area contributed by atoms with Crippen LogP contribution in [-0.2, 0) is 4.74 Å². The van der Waals surface area contributed by atoms with Crippen LogP contribution in [0.1, 0.15) is 17.3 Å². The normalized spacial score (nSPS) is 18.3. The van der Waals surface area contributed by atoms with Gasteiger partial charge in [-0.3, -0.25) is 4.79 Å². The molecular formula is C14H21ClN2O3. The van der Waals surface area contributed by atoms with Gasteiger partial charge in [-0.15, -0.1) is 12.4 Å². The van der Waals surface area contributed by atoms with E-state index in [0.717, 1.165) is 0 Å². The first-order valence-electron chi connectivity index (χ1n) is 6.59. The molecule has 112 valence electrons. The molecule has 5 nitrogen and oxygen atoms in total. The summed E-state index contributed by atoms with van der Waals surface area (Å²) in [5, 5.41) is 0. The Hall–Kier alpha value is -1.30. The number of hydrogen-bond acceptors (Lipinski definition) is 4. The van der Waals surface area contributed by atoms with Gasteiger partial charge in [0.25, 0.3) is 5.91 Å². The van der Waals surface area contributed by atoms with Crippen molar-refractivity contribution in [2.45, 2.75) is 13.0 Å². The number of ether oxygens (including phenoxy) is 2. The van der Waals surface area contributed by atoms with Crippen LogP contribution in [-0.4, -0.2) is 49.8 Å². The Labute approximate surface area is 125 Å². The molecule has 1 saturated heterocycles. The van der Waals surface area contributed by atoms with Gasteiger partial charge in [-0.25, -0.2) is 0 Å². The fraction of sp³-hybridized carbons (Fsp3) is 0.500. The van der Waals surface area contributed by atoms with Crippen LogP contribution in [0.5, 0.6) is 5.75 Å². The van der Waals surface area contributed by atoms with Crippen molar-refractivity contribution < 1.29 is 14.3 Å². The van der Waals surface area contributed by atoms with E-state index in [1.54, 1.807) is 11.0 Å². The fourth-order valence-electron chi connectivity index (χ4n) is 2.14. The highest BCUT2D eigenvalue weighted by atomic mass is 35.5. The summed E-state index contributed by atoms with van der Waals surface area (Å²) in [7, 11) is 0. The van der Waals surface area contributed by atoms with Crippen LogP contribution in [0.3, 0.4) is 0 Å². The van der Waals surface area contributed by atoms with Gasteiger partial charge >= 0.3 is 0 Å². The second-order valence-electron chi connectivity index (χ2n) is 4.41. The zero-order chi connectivity index (χ0) is 13.7. The molecule has 2 N–H and O–H groups in total. The molecule has 6 heteroatoms. The first kappa shape index (κ1) is 16.8. The lowest BCUT2D eigenvalue weighted by atomic mass is 10.1. The van der Waals surface area contributed by atoms with Gasteiger partial charge in [0.05, 0.1) is 24.9 Å². The molecule has 0 aliphatic carbocycles. The number of benzene rings is 1. The summed E-state index contributed by atoms with van der Waals surface area (Å²) in [6.07, 6.45) is -0.0723. The molecule has 1 fully saturated rings. The summed E-state index contributed by atoms with van der Waals surface area (Å²) in [6.45, 7) is 4.53. The highest BCUT2D eigenvalue weighted by molar-refractivity contribution is 5.97. The maximum atomic E-state index is 12.5. The number of hydrogen-bond donors (Lipinski definition) is 1. The Bertz CT molecular complexity index is 442. The van der Waals surface area contributed by atoms with E-state index in [9.17, 15) is 4.79 Å². The molecular weight excluding hydrogens is 280 g/mol. The molecule has 1 aromatic rings. The van der Waals surface area contributed by atoms with E-state index in [-0.39, 0.29) is 24.4 Å². The second-order valence-corrected chi connectivity index (χ2v) is 4.41. The van der Waals surface area contributed by atoms with Crippen LogP contribution < -0.4 is 10.5 Å². The standard InChI is InChI=1S/C14H20N2O3.ClH/c1-2-18-13-6-4-3-5-12(13)14(17)16-7-8-19-11(9-15)10-16;/h3-6,11H,2,7-10,15H2,1H3;1H. The van der Waals surface area contributed by atoms with Gasteiger partial charge in [0.2, 0.25) is 0 Å². The van der Waals surface area contributed by atoms with Crippen LogP contribution in [0.4, 0.5) is 0 Å². The molecule has 2 rings (SSSR count). The highest BCUT2D eigenvalue weighted by Gasteiger charge is 2.25. The van der Waals surface area contributed by atoms with E-state index in [2.05, 4.69) is 0 Å². The number of amides is 1. The number of morpholine rings is 1. The van der Waals surface area contributed by atoms with E-state index >= 15 is 0 Å². The Kier molecular flexibility index (Phi) is 6.78. The fourth-order valence-corrected chi connectivity index (χ4v) is 2.14. The van der Waals surface area contributed by atoms with Gasteiger partial charge in [-0.05, 0) is 19.1 Å². The van der Waals surface area contributed by atoms with Crippen molar-refractivity contribution in [3.05, 3.63) is 29.8 Å². The molecule has 0 bridgehead atoms. The van der Waals surface area contributed by atoms with Crippen molar-refractivity contribution in [1.82, 2.24) is 4.90 Å². The van der Waals surface area contributed by atoms with Crippen molar-refractivity contribution in [3.63, 3.8) is 0 Å². The van der Waals surface area contributed by atoms with Crippen molar-refractivity contribution in [2.75, 3.05) is 32.8 Å². The summed E-state index contributed by atoms with van der Waals surface area (Å²) >= 11 is 0. The molecule has 1 heterocycles. The minimum Gasteiger partial charge on any atom is -0.493 e. The van der Waals surface area contributed by atoms with Crippen LogP contribution >= 0.6 is 12.4 Å². The molecule has 1 aliphatic rings. The molecule has 0 saturated carbocycles. The topological polar surface area (TPSA) is 64.8 Å². The molecule has 0 aromatic heterocycles. The lowest BCUT2D eigenvalue weighted by molar-refractivity contribution is -0.0168. The number of nitrogens with two attached hydrogens (primary N) is 1. The Balaban J connectivity index is 0.00000200. The lowest BCUT2D eigenvalue weighted by Gasteiger charge is -2.32. The van der Waals surface area contributed by atoms with Gasteiger partial charge in [0.15, 0.2) is 0 Å². The maximum absolute atomic E-state index is 12.5. The van der Waals surface area contributed by atoms with E-state index in [1.165, 1.54) is 0 Å². The van der Waals surface area contributed by atoms with E-state index in [0.29, 0.717) is 44.2 Å². The molecule has 1 unspecified atom stereocenters. The monoisotopic (exact) mass is 300 g/mol. The van der Waals surface area contributed by atoms with Crippen molar-refractivity contribution in [1.29, 1.82) is 0 Å². The van der Waals surface area contributed by atoms with Gasteiger partial charge in [0.1, 0.15) is 5.75 Å². The highest BCUT2D eigenvalue weighted by Crippen LogP contribution is 2.21. The molecule has 0 spiro atoms. The summed E-state index contributed by atoms with van der Waals surface area (Å²) in [5.74, 6) is 0.608. The van der Waals surface area contributed by atoms with Crippen molar-refractivity contribution in [3.8, 4) is 5.75 Å². The Morgan fingerprint density at radius 3 is 2.95 bits per heavy atom. The Morgan fingerprint density at radius 1 is 1.50 bits per heavy atom. The number of carbonyl (C=O) groups is 1. The van der Waals surface area contributed by atoms with E-state index in [1.807, 2.05) is 25.1 Å². The van der Waals surface area contributed by atoms with Gasteiger partial charge in [0, 0.05) is 19.6 Å². The molecule has 20 heavy (non-hydrogen) atoms. The lowest BCUT2D eigenvalue weighted by Crippen LogP contribution is -2.48. The first-order chi connectivity index (χ1) is 9.26. The van der Waals surface area contributed by atoms with E-state index in [4.69, 9.17) is 15.2 Å². The minimum atomic E-state index is -0.0723. The third kappa shape index (κ3) is 3.85. The van der Waals surface area contributed by atoms with Crippen molar-refractivity contribution in [2.24, 2.45) is 5.73 Å². The van der Waals surface area contributed by atoms with Gasteiger partial charge in [-0.1, -0.05) is 12.1 Å². The summed E-state index contributed by atoms with van der Waals surface area (Å²) in [6, 6.07) is 7.32. The summed E-state index contributed by atoms with van der Waals surface area (Å²) in [5.41, 5.74) is 6.19. The predicted molar refractivity (Wildman–Crippen MR) is 79.6 cm³/mol. The second kappa shape index (κ2) is 8.09. The number of rotatable bonds is 4. The van der Waals surface area contributed by atoms with Crippen LogP contribution in [0.15, 0.2) is 24.3 Å². The van der Waals surface area contributed by atoms with Crippen LogP contribution in [0, 0.1) is 0 Å². The number of nitrogens with zero attached hydrogens (tertiary/aromatic N) is 1. The van der Waals surface area contributed by atoms with Gasteiger partial charge in [-0.2, -0.15) is 0 Å². The molecule has 0 radical (unpaired) electrons. The molecule has 1 aromatic carbocycles. The van der Waals surface area contributed by atoms with Crippen LogP contribution in [0.2, 0.25) is 0 Å². The third-order valence-corrected chi connectivity index (χ3v) is 3.11. The summed E-state index contributed by atoms with van der Waals surface area (Å²) in [4.78, 5) is 14.3. The first-order valence-corrected chi connectivity index (χ1v) is 6.59. The average Bonchev–Trinajstić information content (AvgIpc) is 2.47. The quantitative estimate of drug-likeness (QED) is 0.910. The number of halogens is 1. The molecule has 1 aliphatic heterocycles. The number of carbonyl (C=O) groups excluding carboxylic acids is 1. The number of para-hydroxylation sites is 1. The molecule has 1 amide bonds. The summed E-state index contributed by atoms with van der Waals surface area (Å²) < 4.78 is 11.0. The Morgan fingerprint density at radius 2 is 2.25 bits per heavy atom.